The van der Waals surface area contributed by atoms with Crippen LogP contribution in [0.15, 0.2) is 60.8 Å². The molecule has 0 saturated carbocycles. The minimum Gasteiger partial charge on any atom is -0.462 e. The van der Waals surface area contributed by atoms with Crippen molar-refractivity contribution < 1.29 is 37.6 Å². The lowest BCUT2D eigenvalue weighted by atomic mass is 10.0. The molecule has 0 aromatic rings. The molecule has 0 aromatic carbocycles. The van der Waals surface area contributed by atoms with Crippen molar-refractivity contribution in [3.05, 3.63) is 60.8 Å². The van der Waals surface area contributed by atoms with Gasteiger partial charge in [0.1, 0.15) is 6.61 Å². The van der Waals surface area contributed by atoms with Crippen LogP contribution in [-0.4, -0.2) is 49.3 Å². The molecule has 3 N–H and O–H groups in total. The van der Waals surface area contributed by atoms with E-state index in [-0.39, 0.29) is 38.6 Å². The van der Waals surface area contributed by atoms with Crippen LogP contribution in [0.4, 0.5) is 0 Å². The van der Waals surface area contributed by atoms with Gasteiger partial charge in [-0.2, -0.15) is 0 Å². The highest BCUT2D eigenvalue weighted by Gasteiger charge is 2.26. The Hall–Kier alpha value is -2.29. The van der Waals surface area contributed by atoms with E-state index >= 15 is 0 Å². The molecule has 0 aliphatic heterocycles. The first kappa shape index (κ1) is 82.7. The Morgan fingerprint density at radius 2 is 0.647 bits per heavy atom. The molecule has 0 saturated heterocycles. The Morgan fingerprint density at radius 1 is 0.365 bits per heavy atom. The highest BCUT2D eigenvalue weighted by atomic mass is 31.2. The van der Waals surface area contributed by atoms with E-state index in [0.717, 1.165) is 70.6 Å². The fraction of sp³-hybridized carbons (Fsp3) is 0.840. The smallest absolute Gasteiger partial charge is 0.462 e. The first-order valence-corrected chi connectivity index (χ1v) is 38.3. The molecule has 498 valence electrons. The first-order chi connectivity index (χ1) is 41.8. The van der Waals surface area contributed by atoms with Crippen molar-refractivity contribution in [2.24, 2.45) is 5.73 Å². The number of hydrogen-bond donors (Lipinski definition) is 2. The molecule has 0 aliphatic carbocycles. The molecule has 0 spiro atoms. The fourth-order valence-corrected chi connectivity index (χ4v) is 11.8. The summed E-state index contributed by atoms with van der Waals surface area (Å²) in [6.45, 7) is 3.70. The van der Waals surface area contributed by atoms with Crippen LogP contribution in [0.1, 0.15) is 373 Å². The van der Waals surface area contributed by atoms with Crippen LogP contribution in [0.25, 0.3) is 0 Å². The van der Waals surface area contributed by atoms with Crippen molar-refractivity contribution >= 4 is 19.8 Å². The van der Waals surface area contributed by atoms with Gasteiger partial charge in [-0.3, -0.25) is 18.6 Å². The van der Waals surface area contributed by atoms with Crippen molar-refractivity contribution in [1.82, 2.24) is 0 Å². The number of carbonyl (C=O) groups is 2. The van der Waals surface area contributed by atoms with Gasteiger partial charge in [-0.05, 0) is 57.8 Å². The summed E-state index contributed by atoms with van der Waals surface area (Å²) in [6.07, 6.45) is 91.9. The monoisotopic (exact) mass is 1210 g/mol. The summed E-state index contributed by atoms with van der Waals surface area (Å²) in [4.78, 5) is 35.4. The zero-order valence-electron chi connectivity index (χ0n) is 56.1. The van der Waals surface area contributed by atoms with Crippen molar-refractivity contribution in [3.8, 4) is 0 Å². The molecule has 85 heavy (non-hydrogen) atoms. The zero-order valence-corrected chi connectivity index (χ0v) is 57.0. The normalized spacial score (nSPS) is 13.2. The van der Waals surface area contributed by atoms with E-state index in [9.17, 15) is 19.0 Å². The van der Waals surface area contributed by atoms with E-state index in [1.165, 1.54) is 270 Å². The number of phosphoric acid groups is 1. The lowest BCUT2D eigenvalue weighted by Crippen LogP contribution is -2.29. The van der Waals surface area contributed by atoms with E-state index in [1.807, 2.05) is 0 Å². The molecule has 9 nitrogen and oxygen atoms in total. The SMILES string of the molecule is CC/C=C\C/C=C\C/C=C\C/C=C\C/C=C\CCCCCCCCCCCCCCCCCCCC(=O)OC(COC(=O)CCCCCCCCCCCCCCCCCCCCCCCCCCCCCCCCC)COP(=O)(O)OCCN. The molecule has 2 unspecified atom stereocenters. The number of allylic oxidation sites excluding steroid dienone is 10. The van der Waals surface area contributed by atoms with Crippen LogP contribution in [0.2, 0.25) is 0 Å². The topological polar surface area (TPSA) is 134 Å². The minimum atomic E-state index is -4.39. The number of nitrogens with two attached hydrogens (primary N) is 1. The summed E-state index contributed by atoms with van der Waals surface area (Å²) in [6, 6.07) is 0. The lowest BCUT2D eigenvalue weighted by molar-refractivity contribution is -0.161. The predicted octanol–water partition coefficient (Wildman–Crippen LogP) is 24.2. The molecule has 0 fully saturated rings. The second-order valence-corrected chi connectivity index (χ2v) is 26.2. The molecule has 0 aliphatic rings. The summed E-state index contributed by atoms with van der Waals surface area (Å²) in [5.41, 5.74) is 5.41. The van der Waals surface area contributed by atoms with E-state index in [1.54, 1.807) is 0 Å². The van der Waals surface area contributed by atoms with Crippen LogP contribution in [0, 0.1) is 0 Å². The number of esters is 2. The third kappa shape index (κ3) is 70.7. The molecule has 0 radical (unpaired) electrons. The summed E-state index contributed by atoms with van der Waals surface area (Å²) in [5.74, 6) is -0.807. The average molecular weight is 1210 g/mol. The predicted molar refractivity (Wildman–Crippen MR) is 367 cm³/mol. The molecule has 0 heterocycles. The number of hydrogen-bond acceptors (Lipinski definition) is 8. The van der Waals surface area contributed by atoms with E-state index in [0.29, 0.717) is 6.42 Å². The maximum absolute atomic E-state index is 12.8. The number of ether oxygens (including phenoxy) is 2. The van der Waals surface area contributed by atoms with Gasteiger partial charge < -0.3 is 20.1 Å². The van der Waals surface area contributed by atoms with Crippen molar-refractivity contribution in [2.45, 2.75) is 380 Å². The van der Waals surface area contributed by atoms with Gasteiger partial charge in [-0.25, -0.2) is 4.57 Å². The molecular weight excluding hydrogens is 1070 g/mol. The summed E-state index contributed by atoms with van der Waals surface area (Å²) >= 11 is 0. The average Bonchev–Trinajstić information content (AvgIpc) is 3.52. The quantitative estimate of drug-likeness (QED) is 0.0264. The Kier molecular flexibility index (Phi) is 68.9. The van der Waals surface area contributed by atoms with Gasteiger partial charge in [0.25, 0.3) is 0 Å². The Balaban J connectivity index is 3.81. The summed E-state index contributed by atoms with van der Waals surface area (Å²) in [5, 5.41) is 0. The minimum absolute atomic E-state index is 0.0548. The standard InChI is InChI=1S/C75H140NO8P/c1-3-5-7-9-11-13-15-17-19-21-23-25-27-29-31-33-35-36-38-40-42-44-46-48-50-52-54-56-58-60-62-64-66-68-75(78)84-73(72-83-85(79,80)82-70-69-76)71-81-74(77)67-65-63-61-59-57-55-53-51-49-47-45-43-41-39-37-34-32-30-28-26-24-22-20-18-16-14-12-10-8-6-4-2/h5,7,11,13,17,19,23,25,29,31,73H,3-4,6,8-10,12,14-16,18,20-22,24,26-28,30,32-72,76H2,1-2H3,(H,79,80)/b7-5-,13-11-,19-17-,25-23-,31-29-. The van der Waals surface area contributed by atoms with E-state index in [2.05, 4.69) is 74.6 Å². The largest absolute Gasteiger partial charge is 0.472 e. The van der Waals surface area contributed by atoms with Gasteiger partial charge in [0.15, 0.2) is 6.10 Å². The third-order valence-electron chi connectivity index (χ3n) is 16.4. The van der Waals surface area contributed by atoms with Crippen LogP contribution in [0.5, 0.6) is 0 Å². The lowest BCUT2D eigenvalue weighted by Gasteiger charge is -2.19. The molecule has 10 heteroatoms. The summed E-state index contributed by atoms with van der Waals surface area (Å²) in [7, 11) is -4.39. The van der Waals surface area contributed by atoms with Gasteiger partial charge in [0.2, 0.25) is 0 Å². The molecule has 2 atom stereocenters. The van der Waals surface area contributed by atoms with Gasteiger partial charge in [-0.1, -0.05) is 364 Å². The fourth-order valence-electron chi connectivity index (χ4n) is 11.0. The number of carbonyl (C=O) groups excluding carboxylic acids is 2. The second kappa shape index (κ2) is 70.8. The van der Waals surface area contributed by atoms with Gasteiger partial charge in [0.05, 0.1) is 13.2 Å². The first-order valence-electron chi connectivity index (χ1n) is 36.8. The summed E-state index contributed by atoms with van der Waals surface area (Å²) < 4.78 is 33.2. The highest BCUT2D eigenvalue weighted by Crippen LogP contribution is 2.43. The Morgan fingerprint density at radius 3 is 0.965 bits per heavy atom. The van der Waals surface area contributed by atoms with Crippen LogP contribution < -0.4 is 5.73 Å². The van der Waals surface area contributed by atoms with Gasteiger partial charge >= 0.3 is 19.8 Å². The maximum atomic E-state index is 12.8. The van der Waals surface area contributed by atoms with Crippen molar-refractivity contribution in [2.75, 3.05) is 26.4 Å². The molecule has 0 aromatic heterocycles. The molecular formula is C75H140NO8P. The molecule has 0 amide bonds. The van der Waals surface area contributed by atoms with Crippen molar-refractivity contribution in [3.63, 3.8) is 0 Å². The Labute approximate surface area is 527 Å². The van der Waals surface area contributed by atoms with Gasteiger partial charge in [-0.15, -0.1) is 0 Å². The third-order valence-corrected chi connectivity index (χ3v) is 17.4. The maximum Gasteiger partial charge on any atom is 0.472 e. The molecule has 0 rings (SSSR count). The van der Waals surface area contributed by atoms with Crippen LogP contribution >= 0.6 is 7.82 Å². The zero-order chi connectivity index (χ0) is 61.6. The molecule has 0 bridgehead atoms. The van der Waals surface area contributed by atoms with Crippen molar-refractivity contribution in [1.29, 1.82) is 0 Å². The number of unbranched alkanes of at least 4 members (excludes halogenated alkanes) is 47. The highest BCUT2D eigenvalue weighted by molar-refractivity contribution is 7.47. The number of phosphoric ester groups is 1. The Bertz CT molecular complexity index is 1580. The van der Waals surface area contributed by atoms with Gasteiger partial charge in [0, 0.05) is 19.4 Å². The van der Waals surface area contributed by atoms with Crippen LogP contribution in [0.3, 0.4) is 0 Å². The second-order valence-electron chi connectivity index (χ2n) is 24.8. The van der Waals surface area contributed by atoms with Crippen LogP contribution in [-0.2, 0) is 32.7 Å². The number of rotatable bonds is 70. The van der Waals surface area contributed by atoms with E-state index in [4.69, 9.17) is 24.3 Å². The van der Waals surface area contributed by atoms with E-state index < -0.39 is 26.5 Å².